The smallest absolute Gasteiger partial charge is 0.243 e. The number of nitriles is 2. The Balaban J connectivity index is 1.62. The molecule has 0 radical (unpaired) electrons. The van der Waals surface area contributed by atoms with Crippen LogP contribution in [0.4, 0.5) is 0 Å². The molecule has 0 N–H and O–H groups in total. The van der Waals surface area contributed by atoms with E-state index in [1.54, 1.807) is 12.1 Å². The van der Waals surface area contributed by atoms with Gasteiger partial charge in [-0.2, -0.15) is 14.8 Å². The van der Waals surface area contributed by atoms with Gasteiger partial charge in [-0.05, 0) is 18.6 Å². The summed E-state index contributed by atoms with van der Waals surface area (Å²) in [6, 6.07) is 8.98. The van der Waals surface area contributed by atoms with Gasteiger partial charge in [-0.3, -0.25) is 4.90 Å². The molecule has 0 amide bonds. The summed E-state index contributed by atoms with van der Waals surface area (Å²) in [5, 5.41) is 17.9. The molecule has 2 heterocycles. The van der Waals surface area contributed by atoms with E-state index in [1.807, 2.05) is 0 Å². The standard InChI is InChI=1S/C18H22N4O4S/c19-5-1-2-15(13-20)14-21-6-8-22(9-7-21)27(23,24)16-3-4-17-18(12-16)26-11-10-25-17/h3-4,12,15H,1-2,6-11,14H2/t15-/m0/s1. The molecule has 144 valence electrons. The number of hydrogen-bond acceptors (Lipinski definition) is 7. The number of nitrogens with zero attached hydrogens (tertiary/aromatic N) is 4. The van der Waals surface area contributed by atoms with Crippen LogP contribution in [-0.2, 0) is 10.0 Å². The summed E-state index contributed by atoms with van der Waals surface area (Å²) in [5.41, 5.74) is 0. The van der Waals surface area contributed by atoms with Crippen LogP contribution in [0.25, 0.3) is 0 Å². The fourth-order valence-electron chi connectivity index (χ4n) is 3.23. The maximum atomic E-state index is 12.9. The zero-order valence-electron chi connectivity index (χ0n) is 15.0. The lowest BCUT2D eigenvalue weighted by Crippen LogP contribution is -2.49. The molecular weight excluding hydrogens is 368 g/mol. The minimum Gasteiger partial charge on any atom is -0.486 e. The first-order chi connectivity index (χ1) is 13.0. The summed E-state index contributed by atoms with van der Waals surface area (Å²) in [6.45, 7) is 3.29. The van der Waals surface area contributed by atoms with Crippen LogP contribution in [0.15, 0.2) is 23.1 Å². The second kappa shape index (κ2) is 8.57. The van der Waals surface area contributed by atoms with Gasteiger partial charge >= 0.3 is 0 Å². The molecule has 2 aliphatic heterocycles. The van der Waals surface area contributed by atoms with Crippen molar-refractivity contribution in [1.29, 1.82) is 10.5 Å². The van der Waals surface area contributed by atoms with Crippen molar-refractivity contribution in [2.75, 3.05) is 45.9 Å². The average Bonchev–Trinajstić information content (AvgIpc) is 2.71. The molecule has 1 saturated heterocycles. The molecule has 0 aliphatic carbocycles. The van der Waals surface area contributed by atoms with E-state index in [0.717, 1.165) is 0 Å². The third-order valence-electron chi connectivity index (χ3n) is 4.75. The Hall–Kier alpha value is -2.33. The third-order valence-corrected chi connectivity index (χ3v) is 6.64. The maximum absolute atomic E-state index is 12.9. The molecule has 1 fully saturated rings. The predicted octanol–water partition coefficient (Wildman–Crippen LogP) is 1.21. The molecular formula is C18H22N4O4S. The molecule has 8 nitrogen and oxygen atoms in total. The minimum absolute atomic E-state index is 0.198. The van der Waals surface area contributed by atoms with Crippen molar-refractivity contribution in [3.63, 3.8) is 0 Å². The molecule has 27 heavy (non-hydrogen) atoms. The van der Waals surface area contributed by atoms with E-state index in [4.69, 9.17) is 14.7 Å². The van der Waals surface area contributed by atoms with Crippen molar-refractivity contribution >= 4 is 10.0 Å². The zero-order valence-corrected chi connectivity index (χ0v) is 15.8. The van der Waals surface area contributed by atoms with Gasteiger partial charge in [0.25, 0.3) is 0 Å². The second-order valence-electron chi connectivity index (χ2n) is 6.53. The average molecular weight is 390 g/mol. The quantitative estimate of drug-likeness (QED) is 0.718. The van der Waals surface area contributed by atoms with Crippen molar-refractivity contribution in [3.8, 4) is 23.6 Å². The van der Waals surface area contributed by atoms with E-state index in [1.165, 1.54) is 10.4 Å². The van der Waals surface area contributed by atoms with E-state index in [9.17, 15) is 13.7 Å². The van der Waals surface area contributed by atoms with Crippen molar-refractivity contribution in [3.05, 3.63) is 18.2 Å². The highest BCUT2D eigenvalue weighted by Gasteiger charge is 2.30. The van der Waals surface area contributed by atoms with Crippen LogP contribution in [0.3, 0.4) is 0 Å². The van der Waals surface area contributed by atoms with E-state index in [0.29, 0.717) is 70.3 Å². The molecule has 0 saturated carbocycles. The molecule has 1 atom stereocenters. The Labute approximate surface area is 159 Å². The van der Waals surface area contributed by atoms with Gasteiger partial charge in [-0.25, -0.2) is 8.42 Å². The molecule has 0 aromatic heterocycles. The molecule has 0 spiro atoms. The molecule has 1 aromatic carbocycles. The van der Waals surface area contributed by atoms with Crippen molar-refractivity contribution in [2.45, 2.75) is 17.7 Å². The highest BCUT2D eigenvalue weighted by Crippen LogP contribution is 2.33. The van der Waals surface area contributed by atoms with Gasteiger partial charge in [0.05, 0.1) is 23.0 Å². The van der Waals surface area contributed by atoms with Crippen LogP contribution >= 0.6 is 0 Å². The SMILES string of the molecule is N#CCC[C@@H](C#N)CN1CCN(S(=O)(=O)c2ccc3c(c2)OCCO3)CC1. The van der Waals surface area contributed by atoms with Gasteiger partial charge in [-0.1, -0.05) is 0 Å². The summed E-state index contributed by atoms with van der Waals surface area (Å²) in [5.74, 6) is 0.811. The molecule has 1 aromatic rings. The topological polar surface area (TPSA) is 107 Å². The van der Waals surface area contributed by atoms with Crippen LogP contribution < -0.4 is 9.47 Å². The van der Waals surface area contributed by atoms with E-state index in [2.05, 4.69) is 17.0 Å². The first kappa shape index (κ1) is 19.4. The number of benzene rings is 1. The van der Waals surface area contributed by atoms with Gasteiger partial charge < -0.3 is 9.47 Å². The Morgan fingerprint density at radius 3 is 2.44 bits per heavy atom. The Morgan fingerprint density at radius 1 is 1.07 bits per heavy atom. The van der Waals surface area contributed by atoms with Crippen molar-refractivity contribution < 1.29 is 17.9 Å². The fourth-order valence-corrected chi connectivity index (χ4v) is 4.67. The number of rotatable bonds is 6. The van der Waals surface area contributed by atoms with Crippen LogP contribution in [0.1, 0.15) is 12.8 Å². The van der Waals surface area contributed by atoms with Gasteiger partial charge in [0, 0.05) is 45.2 Å². The molecule has 9 heteroatoms. The summed E-state index contributed by atoms with van der Waals surface area (Å²) >= 11 is 0. The Morgan fingerprint density at radius 2 is 1.78 bits per heavy atom. The molecule has 0 bridgehead atoms. The lowest BCUT2D eigenvalue weighted by molar-refractivity contribution is 0.170. The minimum atomic E-state index is -3.60. The van der Waals surface area contributed by atoms with Crippen LogP contribution in [0, 0.1) is 28.6 Å². The lowest BCUT2D eigenvalue weighted by atomic mass is 10.0. The molecule has 0 unspecified atom stereocenters. The second-order valence-corrected chi connectivity index (χ2v) is 8.47. The zero-order chi connectivity index (χ0) is 19.3. The normalized spacial score (nSPS) is 19.0. The van der Waals surface area contributed by atoms with Crippen LogP contribution in [0.2, 0.25) is 0 Å². The molecule has 2 aliphatic rings. The number of ether oxygens (including phenoxy) is 2. The third kappa shape index (κ3) is 4.51. The summed E-state index contributed by atoms with van der Waals surface area (Å²) < 4.78 is 38.2. The van der Waals surface area contributed by atoms with Gasteiger partial charge in [-0.15, -0.1) is 0 Å². The number of sulfonamides is 1. The predicted molar refractivity (Wildman–Crippen MR) is 96.6 cm³/mol. The largest absolute Gasteiger partial charge is 0.486 e. The highest BCUT2D eigenvalue weighted by molar-refractivity contribution is 7.89. The van der Waals surface area contributed by atoms with Crippen LogP contribution in [0.5, 0.6) is 11.5 Å². The summed E-state index contributed by atoms with van der Waals surface area (Å²) in [4.78, 5) is 2.28. The number of hydrogen-bond donors (Lipinski definition) is 0. The Bertz CT molecular complexity index is 851. The lowest BCUT2D eigenvalue weighted by Gasteiger charge is -2.34. The monoisotopic (exact) mass is 390 g/mol. The van der Waals surface area contributed by atoms with Gasteiger partial charge in [0.2, 0.25) is 10.0 Å². The highest BCUT2D eigenvalue weighted by atomic mass is 32.2. The first-order valence-electron chi connectivity index (χ1n) is 8.93. The maximum Gasteiger partial charge on any atom is 0.243 e. The van der Waals surface area contributed by atoms with Crippen molar-refractivity contribution in [2.24, 2.45) is 5.92 Å². The summed E-state index contributed by atoms with van der Waals surface area (Å²) in [7, 11) is -3.60. The van der Waals surface area contributed by atoms with E-state index in [-0.39, 0.29) is 10.8 Å². The number of fused-ring (bicyclic) bond motifs is 1. The van der Waals surface area contributed by atoms with Crippen molar-refractivity contribution in [1.82, 2.24) is 9.21 Å². The van der Waals surface area contributed by atoms with E-state index < -0.39 is 10.0 Å². The molecule has 3 rings (SSSR count). The van der Waals surface area contributed by atoms with E-state index >= 15 is 0 Å². The van der Waals surface area contributed by atoms with Crippen LogP contribution in [-0.4, -0.2) is 63.6 Å². The van der Waals surface area contributed by atoms with Gasteiger partial charge in [0.1, 0.15) is 13.2 Å². The first-order valence-corrected chi connectivity index (χ1v) is 10.4. The van der Waals surface area contributed by atoms with Gasteiger partial charge in [0.15, 0.2) is 11.5 Å². The Kier molecular flexibility index (Phi) is 6.17. The number of piperazine rings is 1. The summed E-state index contributed by atoms with van der Waals surface area (Å²) in [6.07, 6.45) is 0.902. The fraction of sp³-hybridized carbons (Fsp3) is 0.556.